The summed E-state index contributed by atoms with van der Waals surface area (Å²) in [6.45, 7) is -0.186. The Morgan fingerprint density at radius 2 is 2.06 bits per heavy atom. The molecule has 0 aliphatic carbocycles. The molecule has 0 atom stereocenters. The van der Waals surface area contributed by atoms with Gasteiger partial charge < -0.3 is 5.32 Å². The lowest BCUT2D eigenvalue weighted by Crippen LogP contribution is -2.25. The third kappa shape index (κ3) is 2.97. The molecule has 1 aromatic rings. The number of hydrogen-bond acceptors (Lipinski definition) is 1. The second-order valence-electron chi connectivity index (χ2n) is 3.05. The van der Waals surface area contributed by atoms with Crippen molar-refractivity contribution in [1.29, 1.82) is 0 Å². The Morgan fingerprint density at radius 3 is 2.59 bits per heavy atom. The number of rotatable bonds is 2. The number of nitrogens with one attached hydrogen (secondary N) is 1. The largest absolute Gasteiger partial charge is 0.419 e. The molecule has 0 saturated heterocycles. The van der Waals surface area contributed by atoms with Crippen molar-refractivity contribution in [1.82, 2.24) is 5.32 Å². The standard InChI is InChI=1S/C11H7F4NO/c1-2-6-16-10(17)7-4-3-5-8(9(7)12)11(13,14)15/h1,3-5H,6H2,(H,16,17). The lowest BCUT2D eigenvalue weighted by atomic mass is 10.1. The van der Waals surface area contributed by atoms with Crippen LogP contribution in [-0.2, 0) is 6.18 Å². The Labute approximate surface area is 94.6 Å². The fraction of sp³-hybridized carbons (Fsp3) is 0.182. The first-order chi connectivity index (χ1) is 7.88. The maximum Gasteiger partial charge on any atom is 0.419 e. The number of terminal acetylenes is 1. The third-order valence-corrected chi connectivity index (χ3v) is 1.90. The van der Waals surface area contributed by atoms with Crippen molar-refractivity contribution >= 4 is 5.91 Å². The van der Waals surface area contributed by atoms with Gasteiger partial charge in [0.25, 0.3) is 5.91 Å². The van der Waals surface area contributed by atoms with Gasteiger partial charge in [0.05, 0.1) is 17.7 Å². The highest BCUT2D eigenvalue weighted by molar-refractivity contribution is 5.94. The van der Waals surface area contributed by atoms with Gasteiger partial charge in [-0.05, 0) is 12.1 Å². The Kier molecular flexibility index (Phi) is 3.73. The number of carbonyl (C=O) groups excluding carboxylic acids is 1. The molecule has 17 heavy (non-hydrogen) atoms. The van der Waals surface area contributed by atoms with E-state index in [1.165, 1.54) is 0 Å². The zero-order valence-electron chi connectivity index (χ0n) is 8.44. The van der Waals surface area contributed by atoms with E-state index in [1.54, 1.807) is 0 Å². The summed E-state index contributed by atoms with van der Waals surface area (Å²) in [5.41, 5.74) is -2.17. The molecule has 6 heteroatoms. The highest BCUT2D eigenvalue weighted by Crippen LogP contribution is 2.32. The van der Waals surface area contributed by atoms with Crippen LogP contribution in [0.4, 0.5) is 17.6 Å². The molecule has 0 aliphatic heterocycles. The molecule has 1 aromatic carbocycles. The summed E-state index contributed by atoms with van der Waals surface area (Å²) in [5.74, 6) is -0.526. The van der Waals surface area contributed by atoms with Crippen LogP contribution in [0.5, 0.6) is 0 Å². The second kappa shape index (κ2) is 4.87. The summed E-state index contributed by atoms with van der Waals surface area (Å²) >= 11 is 0. The van der Waals surface area contributed by atoms with Gasteiger partial charge in [-0.2, -0.15) is 13.2 Å². The smallest absolute Gasteiger partial charge is 0.341 e. The van der Waals surface area contributed by atoms with Crippen LogP contribution in [0.2, 0.25) is 0 Å². The van der Waals surface area contributed by atoms with Crippen molar-refractivity contribution in [2.45, 2.75) is 6.18 Å². The van der Waals surface area contributed by atoms with Crippen LogP contribution in [0.3, 0.4) is 0 Å². The molecule has 0 radical (unpaired) electrons. The van der Waals surface area contributed by atoms with Crippen molar-refractivity contribution < 1.29 is 22.4 Å². The van der Waals surface area contributed by atoms with Crippen LogP contribution in [0.15, 0.2) is 18.2 Å². The monoisotopic (exact) mass is 245 g/mol. The van der Waals surface area contributed by atoms with Crippen molar-refractivity contribution in [3.8, 4) is 12.3 Å². The highest BCUT2D eigenvalue weighted by Gasteiger charge is 2.35. The average molecular weight is 245 g/mol. The van der Waals surface area contributed by atoms with Crippen LogP contribution in [0, 0.1) is 18.2 Å². The first kappa shape index (κ1) is 13.0. The molecular formula is C11H7F4NO. The minimum atomic E-state index is -4.84. The van der Waals surface area contributed by atoms with Crippen LogP contribution >= 0.6 is 0 Å². The zero-order chi connectivity index (χ0) is 13.1. The average Bonchev–Trinajstić information content (AvgIpc) is 2.24. The molecule has 0 spiro atoms. The van der Waals surface area contributed by atoms with Gasteiger partial charge in [0.15, 0.2) is 0 Å². The predicted octanol–water partition coefficient (Wildman–Crippen LogP) is 2.21. The first-order valence-corrected chi connectivity index (χ1v) is 4.45. The molecule has 0 heterocycles. The van der Waals surface area contributed by atoms with E-state index in [0.717, 1.165) is 12.1 Å². The van der Waals surface area contributed by atoms with E-state index in [0.29, 0.717) is 6.07 Å². The summed E-state index contributed by atoms with van der Waals surface area (Å²) in [5, 5.41) is 2.09. The van der Waals surface area contributed by atoms with Gasteiger partial charge in [-0.15, -0.1) is 6.42 Å². The number of halogens is 4. The maximum atomic E-state index is 13.4. The van der Waals surface area contributed by atoms with Crippen LogP contribution in [-0.4, -0.2) is 12.5 Å². The van der Waals surface area contributed by atoms with E-state index in [2.05, 4.69) is 11.2 Å². The molecule has 0 aliphatic rings. The van der Waals surface area contributed by atoms with Crippen LogP contribution in [0.25, 0.3) is 0 Å². The summed E-state index contributed by atoms with van der Waals surface area (Å²) in [6, 6.07) is 2.47. The van der Waals surface area contributed by atoms with Gasteiger partial charge in [-0.25, -0.2) is 4.39 Å². The Morgan fingerprint density at radius 1 is 1.41 bits per heavy atom. The number of amides is 1. The second-order valence-corrected chi connectivity index (χ2v) is 3.05. The number of hydrogen-bond donors (Lipinski definition) is 1. The predicted molar refractivity (Wildman–Crippen MR) is 52.6 cm³/mol. The van der Waals surface area contributed by atoms with E-state index >= 15 is 0 Å². The Balaban J connectivity index is 3.12. The topological polar surface area (TPSA) is 29.1 Å². The van der Waals surface area contributed by atoms with E-state index < -0.39 is 29.0 Å². The molecule has 0 saturated carbocycles. The Hall–Kier alpha value is -2.03. The number of carbonyl (C=O) groups is 1. The minimum Gasteiger partial charge on any atom is -0.341 e. The first-order valence-electron chi connectivity index (χ1n) is 4.45. The van der Waals surface area contributed by atoms with Gasteiger partial charge in [0.2, 0.25) is 0 Å². The maximum absolute atomic E-state index is 13.4. The third-order valence-electron chi connectivity index (χ3n) is 1.90. The summed E-state index contributed by atoms with van der Waals surface area (Å²) < 4.78 is 50.4. The molecule has 0 aromatic heterocycles. The van der Waals surface area contributed by atoms with E-state index in [4.69, 9.17) is 6.42 Å². The van der Waals surface area contributed by atoms with Crippen LogP contribution < -0.4 is 5.32 Å². The molecule has 1 N–H and O–H groups in total. The van der Waals surface area contributed by atoms with Gasteiger partial charge in [0.1, 0.15) is 5.82 Å². The normalized spacial score (nSPS) is 10.8. The number of benzene rings is 1. The fourth-order valence-corrected chi connectivity index (χ4v) is 1.15. The van der Waals surface area contributed by atoms with Crippen molar-refractivity contribution in [2.24, 2.45) is 0 Å². The SMILES string of the molecule is C#CCNC(=O)c1cccc(C(F)(F)F)c1F. The number of alkyl halides is 3. The summed E-state index contributed by atoms with van der Waals surface area (Å²) in [6.07, 6.45) is 0.0128. The van der Waals surface area contributed by atoms with Gasteiger partial charge in [-0.3, -0.25) is 4.79 Å². The molecule has 0 unspecified atom stereocenters. The lowest BCUT2D eigenvalue weighted by molar-refractivity contribution is -0.140. The van der Waals surface area contributed by atoms with E-state index in [1.807, 2.05) is 0 Å². The van der Waals surface area contributed by atoms with Gasteiger partial charge in [-0.1, -0.05) is 12.0 Å². The lowest BCUT2D eigenvalue weighted by Gasteiger charge is -2.10. The molecular weight excluding hydrogens is 238 g/mol. The van der Waals surface area contributed by atoms with Crippen molar-refractivity contribution in [3.05, 3.63) is 35.1 Å². The van der Waals surface area contributed by atoms with Gasteiger partial charge in [0, 0.05) is 0 Å². The summed E-state index contributed by atoms with van der Waals surface area (Å²) in [7, 11) is 0. The Bertz CT molecular complexity index is 473. The molecule has 0 fully saturated rings. The van der Waals surface area contributed by atoms with E-state index in [-0.39, 0.29) is 6.54 Å². The van der Waals surface area contributed by atoms with E-state index in [9.17, 15) is 22.4 Å². The highest BCUT2D eigenvalue weighted by atomic mass is 19.4. The molecule has 1 amide bonds. The van der Waals surface area contributed by atoms with Crippen LogP contribution in [0.1, 0.15) is 15.9 Å². The quantitative estimate of drug-likeness (QED) is 0.628. The van der Waals surface area contributed by atoms with Crippen molar-refractivity contribution in [3.63, 3.8) is 0 Å². The zero-order valence-corrected chi connectivity index (χ0v) is 8.44. The molecule has 1 rings (SSSR count). The molecule has 0 bridgehead atoms. The fourth-order valence-electron chi connectivity index (χ4n) is 1.15. The summed E-state index contributed by atoms with van der Waals surface area (Å²) in [4.78, 5) is 11.3. The van der Waals surface area contributed by atoms with Gasteiger partial charge >= 0.3 is 6.18 Å². The molecule has 90 valence electrons. The minimum absolute atomic E-state index is 0.186. The molecule has 2 nitrogen and oxygen atoms in total. The van der Waals surface area contributed by atoms with Crippen molar-refractivity contribution in [2.75, 3.05) is 6.54 Å².